The maximum absolute atomic E-state index is 5.38. The Hall–Kier alpha value is -1.59. The summed E-state index contributed by atoms with van der Waals surface area (Å²) in [6.45, 7) is 1.28. The summed E-state index contributed by atoms with van der Waals surface area (Å²) in [5, 5.41) is 4.17. The second-order valence-corrected chi connectivity index (χ2v) is 5.17. The van der Waals surface area contributed by atoms with Crippen LogP contribution >= 0.6 is 11.3 Å². The zero-order valence-corrected chi connectivity index (χ0v) is 10.9. The van der Waals surface area contributed by atoms with E-state index in [0.29, 0.717) is 6.79 Å². The highest BCUT2D eigenvalue weighted by Crippen LogP contribution is 2.36. The van der Waals surface area contributed by atoms with Crippen molar-refractivity contribution in [3.8, 4) is 22.1 Å². The van der Waals surface area contributed by atoms with Crippen molar-refractivity contribution in [1.29, 1.82) is 0 Å². The van der Waals surface area contributed by atoms with Gasteiger partial charge in [-0.05, 0) is 38.2 Å². The van der Waals surface area contributed by atoms with Gasteiger partial charge in [0, 0.05) is 16.6 Å². The first-order valence-electron chi connectivity index (χ1n) is 5.86. The number of thiazole rings is 1. The highest BCUT2D eigenvalue weighted by Gasteiger charge is 2.15. The van der Waals surface area contributed by atoms with Gasteiger partial charge in [-0.1, -0.05) is 0 Å². The van der Waals surface area contributed by atoms with Crippen LogP contribution in [-0.2, 0) is 6.42 Å². The molecule has 0 saturated heterocycles. The summed E-state index contributed by atoms with van der Waals surface area (Å²) in [5.41, 5.74) is 1.08. The van der Waals surface area contributed by atoms with Crippen molar-refractivity contribution >= 4 is 11.3 Å². The van der Waals surface area contributed by atoms with E-state index in [4.69, 9.17) is 9.47 Å². The molecule has 0 bridgehead atoms. The minimum absolute atomic E-state index is 0.310. The van der Waals surface area contributed by atoms with Gasteiger partial charge in [-0.15, -0.1) is 11.3 Å². The predicted octanol–water partition coefficient (Wildman–Crippen LogP) is 2.30. The molecule has 0 saturated carbocycles. The van der Waals surface area contributed by atoms with Gasteiger partial charge in [-0.25, -0.2) is 4.98 Å². The monoisotopic (exact) mass is 262 g/mol. The van der Waals surface area contributed by atoms with E-state index in [1.165, 1.54) is 4.88 Å². The minimum Gasteiger partial charge on any atom is -0.454 e. The fourth-order valence-electron chi connectivity index (χ4n) is 1.83. The van der Waals surface area contributed by atoms with Crippen molar-refractivity contribution in [2.75, 3.05) is 20.4 Å². The van der Waals surface area contributed by atoms with Crippen LogP contribution in [0.15, 0.2) is 24.4 Å². The molecule has 3 rings (SSSR count). The number of fused-ring (bicyclic) bond motifs is 1. The first-order valence-corrected chi connectivity index (χ1v) is 6.68. The van der Waals surface area contributed by atoms with E-state index in [0.717, 1.165) is 35.0 Å². The molecule has 0 amide bonds. The third kappa shape index (κ3) is 2.19. The van der Waals surface area contributed by atoms with Crippen LogP contribution < -0.4 is 14.8 Å². The van der Waals surface area contributed by atoms with Crippen molar-refractivity contribution in [3.63, 3.8) is 0 Å². The van der Waals surface area contributed by atoms with Crippen LogP contribution in [0, 0.1) is 0 Å². The SMILES string of the molecule is CNCCc1cnc(-c2ccc3c(c2)OCO3)s1. The quantitative estimate of drug-likeness (QED) is 0.918. The van der Waals surface area contributed by atoms with Crippen molar-refractivity contribution in [1.82, 2.24) is 10.3 Å². The lowest BCUT2D eigenvalue weighted by Crippen LogP contribution is -2.09. The second-order valence-electron chi connectivity index (χ2n) is 4.05. The van der Waals surface area contributed by atoms with Crippen LogP contribution in [0.3, 0.4) is 0 Å². The van der Waals surface area contributed by atoms with Crippen molar-refractivity contribution < 1.29 is 9.47 Å². The Morgan fingerprint density at radius 3 is 3.11 bits per heavy atom. The topological polar surface area (TPSA) is 43.4 Å². The lowest BCUT2D eigenvalue weighted by atomic mass is 10.2. The standard InChI is InChI=1S/C13H14N2O2S/c1-14-5-4-10-7-15-13(18-10)9-2-3-11-12(6-9)17-8-16-11/h2-3,6-7,14H,4-5,8H2,1H3. The number of nitrogens with one attached hydrogen (secondary N) is 1. The van der Waals surface area contributed by atoms with E-state index in [9.17, 15) is 0 Å². The Kier molecular flexibility index (Phi) is 3.17. The second kappa shape index (κ2) is 4.96. The molecule has 1 aromatic heterocycles. The van der Waals surface area contributed by atoms with Gasteiger partial charge in [-0.2, -0.15) is 0 Å². The highest BCUT2D eigenvalue weighted by molar-refractivity contribution is 7.15. The molecule has 2 heterocycles. The van der Waals surface area contributed by atoms with E-state index < -0.39 is 0 Å². The maximum atomic E-state index is 5.38. The van der Waals surface area contributed by atoms with Crippen molar-refractivity contribution in [2.24, 2.45) is 0 Å². The van der Waals surface area contributed by atoms with Gasteiger partial charge in [0.2, 0.25) is 6.79 Å². The average molecular weight is 262 g/mol. The van der Waals surface area contributed by atoms with E-state index >= 15 is 0 Å². The number of rotatable bonds is 4. The van der Waals surface area contributed by atoms with Crippen LogP contribution in [0.2, 0.25) is 0 Å². The molecule has 94 valence electrons. The predicted molar refractivity (Wildman–Crippen MR) is 71.3 cm³/mol. The molecular weight excluding hydrogens is 248 g/mol. The molecular formula is C13H14N2O2S. The molecule has 0 atom stereocenters. The van der Waals surface area contributed by atoms with Crippen molar-refractivity contribution in [2.45, 2.75) is 6.42 Å². The summed E-state index contributed by atoms with van der Waals surface area (Å²) in [5.74, 6) is 1.62. The first kappa shape index (κ1) is 11.5. The number of nitrogens with zero attached hydrogens (tertiary/aromatic N) is 1. The number of hydrogen-bond acceptors (Lipinski definition) is 5. The summed E-state index contributed by atoms with van der Waals surface area (Å²) in [7, 11) is 1.96. The number of aromatic nitrogens is 1. The van der Waals surface area contributed by atoms with Gasteiger partial charge in [0.1, 0.15) is 5.01 Å². The minimum atomic E-state index is 0.310. The smallest absolute Gasteiger partial charge is 0.231 e. The molecule has 4 nitrogen and oxygen atoms in total. The molecule has 2 aromatic rings. The van der Waals surface area contributed by atoms with Crippen LogP contribution in [0.25, 0.3) is 10.6 Å². The fourth-order valence-corrected chi connectivity index (χ4v) is 2.74. The molecule has 1 N–H and O–H groups in total. The Morgan fingerprint density at radius 2 is 2.22 bits per heavy atom. The maximum Gasteiger partial charge on any atom is 0.231 e. The zero-order valence-electron chi connectivity index (χ0n) is 10.1. The third-order valence-corrected chi connectivity index (χ3v) is 3.90. The number of hydrogen-bond donors (Lipinski definition) is 1. The molecule has 0 fully saturated rings. The lowest BCUT2D eigenvalue weighted by molar-refractivity contribution is 0.174. The molecule has 1 aliphatic rings. The lowest BCUT2D eigenvalue weighted by Gasteiger charge is -1.99. The number of ether oxygens (including phenoxy) is 2. The van der Waals surface area contributed by atoms with Crippen LogP contribution in [-0.4, -0.2) is 25.4 Å². The Balaban J connectivity index is 1.83. The van der Waals surface area contributed by atoms with Gasteiger partial charge in [0.15, 0.2) is 11.5 Å². The first-order chi connectivity index (χ1) is 8.86. The van der Waals surface area contributed by atoms with E-state index in [2.05, 4.69) is 10.3 Å². The van der Waals surface area contributed by atoms with Gasteiger partial charge in [0.25, 0.3) is 0 Å². The van der Waals surface area contributed by atoms with Crippen LogP contribution in [0.1, 0.15) is 4.88 Å². The van der Waals surface area contributed by atoms with Gasteiger partial charge in [-0.3, -0.25) is 0 Å². The van der Waals surface area contributed by atoms with E-state index in [-0.39, 0.29) is 0 Å². The molecule has 0 aliphatic carbocycles. The van der Waals surface area contributed by atoms with Gasteiger partial charge in [0.05, 0.1) is 0 Å². The van der Waals surface area contributed by atoms with Crippen LogP contribution in [0.5, 0.6) is 11.5 Å². The Labute approximate surface area is 110 Å². The third-order valence-electron chi connectivity index (χ3n) is 2.79. The average Bonchev–Trinajstić information content (AvgIpc) is 3.04. The number of likely N-dealkylation sites (N-methyl/N-ethyl adjacent to an activating group) is 1. The fraction of sp³-hybridized carbons (Fsp3) is 0.308. The molecule has 5 heteroatoms. The highest BCUT2D eigenvalue weighted by atomic mass is 32.1. The summed E-state index contributed by atoms with van der Waals surface area (Å²) in [4.78, 5) is 5.75. The molecule has 18 heavy (non-hydrogen) atoms. The van der Waals surface area contributed by atoms with Crippen LogP contribution in [0.4, 0.5) is 0 Å². The van der Waals surface area contributed by atoms with E-state index in [1.807, 2.05) is 31.4 Å². The van der Waals surface area contributed by atoms with E-state index in [1.54, 1.807) is 11.3 Å². The van der Waals surface area contributed by atoms with Gasteiger partial charge < -0.3 is 14.8 Å². The van der Waals surface area contributed by atoms with Crippen molar-refractivity contribution in [3.05, 3.63) is 29.3 Å². The Bertz CT molecular complexity index is 554. The zero-order chi connectivity index (χ0) is 12.4. The summed E-state index contributed by atoms with van der Waals surface area (Å²) < 4.78 is 10.7. The Morgan fingerprint density at radius 1 is 1.33 bits per heavy atom. The molecule has 1 aromatic carbocycles. The molecule has 0 unspecified atom stereocenters. The normalized spacial score (nSPS) is 12.9. The molecule has 0 spiro atoms. The summed E-state index contributed by atoms with van der Waals surface area (Å²) >= 11 is 1.72. The summed E-state index contributed by atoms with van der Waals surface area (Å²) in [6.07, 6.45) is 2.96. The molecule has 0 radical (unpaired) electrons. The number of benzene rings is 1. The largest absolute Gasteiger partial charge is 0.454 e. The summed E-state index contributed by atoms with van der Waals surface area (Å²) in [6, 6.07) is 5.95. The van der Waals surface area contributed by atoms with Gasteiger partial charge >= 0.3 is 0 Å². The molecule has 1 aliphatic heterocycles.